The lowest BCUT2D eigenvalue weighted by atomic mass is 10.0. The average molecular weight is 1540 g/mol. The first-order valence-corrected chi connectivity index (χ1v) is 47.6. The monoisotopic (exact) mass is 1540 g/mol. The van der Waals surface area contributed by atoms with Crippen LogP contribution >= 0.6 is 15.6 Å². The van der Waals surface area contributed by atoms with E-state index < -0.39 is 97.5 Å². The second-order valence-electron chi connectivity index (χ2n) is 31.4. The molecule has 0 radical (unpaired) electrons. The van der Waals surface area contributed by atoms with Crippen LogP contribution in [-0.2, 0) is 65.4 Å². The summed E-state index contributed by atoms with van der Waals surface area (Å²) in [6, 6.07) is 0. The van der Waals surface area contributed by atoms with Gasteiger partial charge in [-0.15, -0.1) is 0 Å². The second-order valence-corrected chi connectivity index (χ2v) is 34.3. The van der Waals surface area contributed by atoms with Gasteiger partial charge in [0.15, 0.2) is 12.2 Å². The number of ether oxygens (including phenoxy) is 4. The summed E-state index contributed by atoms with van der Waals surface area (Å²) in [6.07, 6.45) is 72.1. The maximum atomic E-state index is 13.1. The number of carbonyl (C=O) groups excluding carboxylic acids is 4. The van der Waals surface area contributed by atoms with E-state index >= 15 is 0 Å². The van der Waals surface area contributed by atoms with Gasteiger partial charge in [0.1, 0.15) is 19.3 Å². The first-order chi connectivity index (χ1) is 51.0. The van der Waals surface area contributed by atoms with Crippen LogP contribution in [0.25, 0.3) is 0 Å². The lowest BCUT2D eigenvalue weighted by Crippen LogP contribution is -2.30. The zero-order valence-corrected chi connectivity index (χ0v) is 70.7. The summed E-state index contributed by atoms with van der Waals surface area (Å²) in [5.41, 5.74) is 0. The first-order valence-electron chi connectivity index (χ1n) is 44.6. The van der Waals surface area contributed by atoms with Crippen molar-refractivity contribution < 1.29 is 80.2 Å². The Balaban J connectivity index is 5.24. The molecule has 0 saturated carbocycles. The van der Waals surface area contributed by atoms with Crippen LogP contribution < -0.4 is 0 Å². The topological polar surface area (TPSA) is 237 Å². The van der Waals surface area contributed by atoms with E-state index in [-0.39, 0.29) is 25.7 Å². The van der Waals surface area contributed by atoms with Gasteiger partial charge in [-0.3, -0.25) is 37.3 Å². The number of aliphatic hydroxyl groups excluding tert-OH is 1. The number of rotatable bonds is 86. The summed E-state index contributed by atoms with van der Waals surface area (Å²) >= 11 is 0. The quantitative estimate of drug-likeness (QED) is 0.0222. The highest BCUT2D eigenvalue weighted by molar-refractivity contribution is 7.47. The van der Waals surface area contributed by atoms with Gasteiger partial charge in [0.05, 0.1) is 26.4 Å². The molecule has 17 nitrogen and oxygen atoms in total. The molecule has 0 rings (SSSR count). The van der Waals surface area contributed by atoms with Crippen LogP contribution in [0.2, 0.25) is 0 Å². The summed E-state index contributed by atoms with van der Waals surface area (Å²) < 4.78 is 68.9. The fraction of sp³-hybridized carbons (Fsp3) is 0.953. The number of hydrogen-bond acceptors (Lipinski definition) is 15. The molecule has 624 valence electrons. The van der Waals surface area contributed by atoms with E-state index in [1.807, 2.05) is 0 Å². The van der Waals surface area contributed by atoms with Crippen LogP contribution in [0.3, 0.4) is 0 Å². The molecule has 2 unspecified atom stereocenters. The van der Waals surface area contributed by atoms with Gasteiger partial charge in [-0.05, 0) is 31.6 Å². The number of phosphoric acid groups is 2. The standard InChI is InChI=1S/C86H168O17P2/c1-6-9-12-15-18-21-24-27-29-32-37-40-45-50-55-60-65-70-84(89)97-76-82(103-86(91)72-67-62-57-52-47-42-38-34-31-30-33-36-39-43-48-53-58-63-68-79(4)5)78-101-105(94,95)99-74-80(87)73-98-104(92,93)100-77-81(75-96-83(88)69-64-59-54-49-44-26-23-20-17-14-11-8-3)102-85(90)71-66-61-56-51-46-41-35-28-25-22-19-16-13-10-7-2/h79-82,87H,6-78H2,1-5H3,(H,92,93)(H,94,95)/t80-,81+,82+/m0/s1. The minimum absolute atomic E-state index is 0.109. The molecule has 0 aliphatic rings. The Morgan fingerprint density at radius 2 is 0.438 bits per heavy atom. The van der Waals surface area contributed by atoms with Gasteiger partial charge in [-0.2, -0.15) is 0 Å². The molecule has 0 aromatic heterocycles. The molecule has 3 N–H and O–H groups in total. The number of hydrogen-bond donors (Lipinski definition) is 3. The molecule has 0 aromatic carbocycles. The highest BCUT2D eigenvalue weighted by Gasteiger charge is 2.30. The maximum absolute atomic E-state index is 13.1. The molecule has 0 heterocycles. The molecular formula is C86H168O17P2. The minimum atomic E-state index is -4.97. The summed E-state index contributed by atoms with van der Waals surface area (Å²) in [5.74, 6) is -1.28. The van der Waals surface area contributed by atoms with Crippen LogP contribution in [0.4, 0.5) is 0 Å². The van der Waals surface area contributed by atoms with Crippen molar-refractivity contribution >= 4 is 39.5 Å². The number of esters is 4. The van der Waals surface area contributed by atoms with Crippen molar-refractivity contribution in [3.63, 3.8) is 0 Å². The van der Waals surface area contributed by atoms with Gasteiger partial charge in [0.2, 0.25) is 0 Å². The smallest absolute Gasteiger partial charge is 0.462 e. The van der Waals surface area contributed by atoms with Crippen molar-refractivity contribution in [2.75, 3.05) is 39.6 Å². The summed E-state index contributed by atoms with van der Waals surface area (Å²) in [4.78, 5) is 73.2. The average Bonchev–Trinajstić information content (AvgIpc) is 0.915. The number of aliphatic hydroxyl groups is 1. The summed E-state index contributed by atoms with van der Waals surface area (Å²) in [6.45, 7) is 7.41. The van der Waals surface area contributed by atoms with Crippen molar-refractivity contribution in [1.29, 1.82) is 0 Å². The third kappa shape index (κ3) is 79.9. The fourth-order valence-corrected chi connectivity index (χ4v) is 15.1. The third-order valence-corrected chi connectivity index (χ3v) is 22.2. The molecule has 0 amide bonds. The van der Waals surface area contributed by atoms with Gasteiger partial charge in [0.25, 0.3) is 0 Å². The van der Waals surface area contributed by atoms with Crippen molar-refractivity contribution in [3.8, 4) is 0 Å². The Hall–Kier alpha value is -1.94. The highest BCUT2D eigenvalue weighted by Crippen LogP contribution is 2.45. The van der Waals surface area contributed by atoms with Gasteiger partial charge >= 0.3 is 39.5 Å². The van der Waals surface area contributed by atoms with Gasteiger partial charge < -0.3 is 33.8 Å². The predicted octanol–water partition coefficient (Wildman–Crippen LogP) is 26.4. The van der Waals surface area contributed by atoms with Crippen molar-refractivity contribution in [3.05, 3.63) is 0 Å². The van der Waals surface area contributed by atoms with E-state index in [1.165, 1.54) is 289 Å². The lowest BCUT2D eigenvalue weighted by molar-refractivity contribution is -0.161. The minimum Gasteiger partial charge on any atom is -0.462 e. The Kier molecular flexibility index (Phi) is 77.3. The molecule has 5 atom stereocenters. The van der Waals surface area contributed by atoms with Crippen LogP contribution in [0.5, 0.6) is 0 Å². The SMILES string of the molecule is CCCCCCCCCCCCCCCCCCCC(=O)OC[C@H](COP(=O)(O)OC[C@@H](O)COP(=O)(O)OC[C@@H](COC(=O)CCCCCCCCCCCCCC)OC(=O)CCCCCCCCCCCCCCCCC)OC(=O)CCCCCCCCCCCCCCCCCCCCC(C)C. The predicted molar refractivity (Wildman–Crippen MR) is 432 cm³/mol. The molecule has 0 fully saturated rings. The molecule has 0 saturated heterocycles. The van der Waals surface area contributed by atoms with E-state index in [0.717, 1.165) is 95.8 Å². The fourth-order valence-electron chi connectivity index (χ4n) is 13.5. The molecule has 19 heteroatoms. The van der Waals surface area contributed by atoms with Crippen molar-refractivity contribution in [1.82, 2.24) is 0 Å². The Morgan fingerprint density at radius 3 is 0.648 bits per heavy atom. The molecule has 0 spiro atoms. The van der Waals surface area contributed by atoms with E-state index in [9.17, 15) is 43.2 Å². The zero-order chi connectivity index (χ0) is 76.9. The van der Waals surface area contributed by atoms with Crippen molar-refractivity contribution in [2.45, 2.75) is 483 Å². The molecule has 0 aliphatic carbocycles. The molecule has 0 aromatic rings. The molecule has 105 heavy (non-hydrogen) atoms. The highest BCUT2D eigenvalue weighted by atomic mass is 31.2. The Labute approximate surface area is 645 Å². The van der Waals surface area contributed by atoms with Crippen molar-refractivity contribution in [2.24, 2.45) is 5.92 Å². The second kappa shape index (κ2) is 78.7. The van der Waals surface area contributed by atoms with Gasteiger partial charge in [-0.25, -0.2) is 9.13 Å². The van der Waals surface area contributed by atoms with Crippen LogP contribution in [0.1, 0.15) is 465 Å². The van der Waals surface area contributed by atoms with E-state index in [0.29, 0.717) is 25.7 Å². The molecule has 0 aliphatic heterocycles. The van der Waals surface area contributed by atoms with Gasteiger partial charge in [0, 0.05) is 25.7 Å². The number of unbranched alkanes of at least 4 members (excludes halogenated alkanes) is 58. The zero-order valence-electron chi connectivity index (χ0n) is 68.9. The van der Waals surface area contributed by atoms with E-state index in [4.69, 9.17) is 37.0 Å². The lowest BCUT2D eigenvalue weighted by Gasteiger charge is -2.21. The van der Waals surface area contributed by atoms with Crippen LogP contribution in [0.15, 0.2) is 0 Å². The largest absolute Gasteiger partial charge is 0.472 e. The number of carbonyl (C=O) groups is 4. The molecule has 0 bridgehead atoms. The summed E-state index contributed by atoms with van der Waals surface area (Å²) in [7, 11) is -9.93. The van der Waals surface area contributed by atoms with Gasteiger partial charge in [-0.1, -0.05) is 413 Å². The van der Waals surface area contributed by atoms with Crippen LogP contribution in [-0.4, -0.2) is 96.7 Å². The van der Waals surface area contributed by atoms with E-state index in [1.54, 1.807) is 0 Å². The maximum Gasteiger partial charge on any atom is 0.472 e. The van der Waals surface area contributed by atoms with E-state index in [2.05, 4.69) is 34.6 Å². The summed E-state index contributed by atoms with van der Waals surface area (Å²) in [5, 5.41) is 10.7. The number of phosphoric ester groups is 2. The molecular weight excluding hydrogens is 1370 g/mol. The Morgan fingerprint density at radius 1 is 0.257 bits per heavy atom. The van der Waals surface area contributed by atoms with Crippen LogP contribution in [0, 0.1) is 5.92 Å². The third-order valence-electron chi connectivity index (χ3n) is 20.3. The first kappa shape index (κ1) is 103. The Bertz CT molecular complexity index is 2000. The normalized spacial score (nSPS) is 13.8.